The van der Waals surface area contributed by atoms with Gasteiger partial charge in [0.1, 0.15) is 5.82 Å². The Bertz CT molecular complexity index is 268. The highest BCUT2D eigenvalue weighted by Gasteiger charge is 2.02. The van der Waals surface area contributed by atoms with Gasteiger partial charge < -0.3 is 9.88 Å². The summed E-state index contributed by atoms with van der Waals surface area (Å²) in [4.78, 5) is 4.30. The van der Waals surface area contributed by atoms with Crippen LogP contribution in [-0.4, -0.2) is 22.1 Å². The van der Waals surface area contributed by atoms with Crippen LogP contribution in [0.15, 0.2) is 12.4 Å². The highest BCUT2D eigenvalue weighted by atomic mass is 15.0. The molecule has 3 nitrogen and oxygen atoms in total. The quantitative estimate of drug-likeness (QED) is 0.745. The van der Waals surface area contributed by atoms with Crippen molar-refractivity contribution >= 4 is 0 Å². The van der Waals surface area contributed by atoms with Crippen molar-refractivity contribution in [2.45, 2.75) is 45.6 Å². The molecule has 1 heterocycles. The molecule has 0 fully saturated rings. The summed E-state index contributed by atoms with van der Waals surface area (Å²) in [5, 5.41) is 3.53. The lowest BCUT2D eigenvalue weighted by Gasteiger charge is -2.12. The molecular formula is C12H23N3. The average molecular weight is 209 g/mol. The topological polar surface area (TPSA) is 29.9 Å². The van der Waals surface area contributed by atoms with Crippen LogP contribution in [0.5, 0.6) is 0 Å². The Morgan fingerprint density at radius 1 is 1.53 bits per heavy atom. The largest absolute Gasteiger partial charge is 0.338 e. The summed E-state index contributed by atoms with van der Waals surface area (Å²) in [7, 11) is 2.04. The number of aromatic nitrogens is 2. The molecule has 0 aromatic carbocycles. The van der Waals surface area contributed by atoms with Crippen molar-refractivity contribution in [3.05, 3.63) is 18.2 Å². The van der Waals surface area contributed by atoms with Gasteiger partial charge in [0.15, 0.2) is 0 Å². The fraction of sp³-hybridized carbons (Fsp3) is 0.750. The Balaban J connectivity index is 2.13. The second-order valence-corrected chi connectivity index (χ2v) is 4.20. The van der Waals surface area contributed by atoms with E-state index in [4.69, 9.17) is 0 Å². The molecule has 15 heavy (non-hydrogen) atoms. The number of imidazole rings is 1. The molecule has 0 amide bonds. The third-order valence-electron chi connectivity index (χ3n) is 2.75. The summed E-state index contributed by atoms with van der Waals surface area (Å²) in [6.07, 6.45) is 8.74. The van der Waals surface area contributed by atoms with E-state index in [1.807, 2.05) is 19.4 Å². The number of nitrogens with one attached hydrogen (secondary N) is 1. The van der Waals surface area contributed by atoms with E-state index >= 15 is 0 Å². The molecule has 86 valence electrons. The van der Waals surface area contributed by atoms with E-state index in [-0.39, 0.29) is 0 Å². The Hall–Kier alpha value is -0.830. The van der Waals surface area contributed by atoms with Crippen LogP contribution in [0.1, 0.15) is 38.9 Å². The normalized spacial score (nSPS) is 13.0. The van der Waals surface area contributed by atoms with E-state index in [0.717, 1.165) is 18.8 Å². The van der Waals surface area contributed by atoms with E-state index in [2.05, 4.69) is 28.7 Å². The average Bonchev–Trinajstić information content (AvgIpc) is 2.61. The second kappa shape index (κ2) is 6.62. The van der Waals surface area contributed by atoms with Crippen LogP contribution in [0.2, 0.25) is 0 Å². The third kappa shape index (κ3) is 4.47. The highest BCUT2D eigenvalue weighted by Crippen LogP contribution is 2.00. The molecule has 1 N–H and O–H groups in total. The summed E-state index contributed by atoms with van der Waals surface area (Å²) in [6, 6.07) is 0.630. The molecule has 0 spiro atoms. The zero-order valence-electron chi connectivity index (χ0n) is 10.2. The van der Waals surface area contributed by atoms with Crippen LogP contribution in [0.4, 0.5) is 0 Å². The van der Waals surface area contributed by atoms with Gasteiger partial charge >= 0.3 is 0 Å². The zero-order chi connectivity index (χ0) is 11.1. The zero-order valence-corrected chi connectivity index (χ0v) is 10.2. The first kappa shape index (κ1) is 12.2. The molecule has 0 aliphatic rings. The Kier molecular flexibility index (Phi) is 5.40. The lowest BCUT2D eigenvalue weighted by atomic mass is 10.1. The molecule has 0 bridgehead atoms. The maximum atomic E-state index is 4.30. The van der Waals surface area contributed by atoms with Crippen molar-refractivity contribution in [3.8, 4) is 0 Å². The molecule has 0 aliphatic carbocycles. The molecular weight excluding hydrogens is 186 g/mol. The van der Waals surface area contributed by atoms with Crippen molar-refractivity contribution in [3.63, 3.8) is 0 Å². The molecule has 1 atom stereocenters. The fourth-order valence-corrected chi connectivity index (χ4v) is 1.68. The SMILES string of the molecule is CCCCC(C)NCCc1nccn1C. The first-order chi connectivity index (χ1) is 7.24. The van der Waals surface area contributed by atoms with Gasteiger partial charge in [-0.05, 0) is 13.3 Å². The molecule has 0 aliphatic heterocycles. The van der Waals surface area contributed by atoms with Gasteiger partial charge in [0.25, 0.3) is 0 Å². The van der Waals surface area contributed by atoms with Gasteiger partial charge in [-0.25, -0.2) is 4.98 Å². The summed E-state index contributed by atoms with van der Waals surface area (Å²) >= 11 is 0. The van der Waals surface area contributed by atoms with E-state index < -0.39 is 0 Å². The monoisotopic (exact) mass is 209 g/mol. The van der Waals surface area contributed by atoms with Crippen LogP contribution >= 0.6 is 0 Å². The van der Waals surface area contributed by atoms with Crippen LogP contribution in [-0.2, 0) is 13.5 Å². The highest BCUT2D eigenvalue weighted by molar-refractivity contribution is 4.91. The molecule has 0 saturated carbocycles. The van der Waals surface area contributed by atoms with E-state index in [1.165, 1.54) is 19.3 Å². The minimum Gasteiger partial charge on any atom is -0.338 e. The minimum absolute atomic E-state index is 0.630. The summed E-state index contributed by atoms with van der Waals surface area (Å²) in [5.41, 5.74) is 0. The summed E-state index contributed by atoms with van der Waals surface area (Å²) in [6.45, 7) is 5.52. The number of unbranched alkanes of at least 4 members (excludes halogenated alkanes) is 1. The third-order valence-corrected chi connectivity index (χ3v) is 2.75. The Morgan fingerprint density at radius 3 is 2.93 bits per heavy atom. The number of hydrogen-bond donors (Lipinski definition) is 1. The van der Waals surface area contributed by atoms with Crippen molar-refractivity contribution in [1.82, 2.24) is 14.9 Å². The molecule has 1 aromatic heterocycles. The van der Waals surface area contributed by atoms with Crippen LogP contribution in [0.25, 0.3) is 0 Å². The second-order valence-electron chi connectivity index (χ2n) is 4.20. The standard InChI is InChI=1S/C12H23N3/c1-4-5-6-11(2)13-8-7-12-14-9-10-15(12)3/h9-11,13H,4-8H2,1-3H3. The molecule has 1 unspecified atom stereocenters. The van der Waals surface area contributed by atoms with Crippen molar-refractivity contribution in [2.75, 3.05) is 6.54 Å². The Labute approximate surface area is 92.9 Å². The number of nitrogens with zero attached hydrogens (tertiary/aromatic N) is 2. The van der Waals surface area contributed by atoms with Gasteiger partial charge in [-0.1, -0.05) is 19.8 Å². The first-order valence-electron chi connectivity index (χ1n) is 5.93. The molecule has 0 saturated heterocycles. The lowest BCUT2D eigenvalue weighted by molar-refractivity contribution is 0.493. The van der Waals surface area contributed by atoms with Gasteiger partial charge in [0.05, 0.1) is 0 Å². The predicted octanol–water partition coefficient (Wildman–Crippen LogP) is 2.13. The number of rotatable bonds is 7. The van der Waals surface area contributed by atoms with Gasteiger partial charge in [0, 0.05) is 38.4 Å². The van der Waals surface area contributed by atoms with Crippen LogP contribution in [0.3, 0.4) is 0 Å². The van der Waals surface area contributed by atoms with Gasteiger partial charge in [-0.3, -0.25) is 0 Å². The fourth-order valence-electron chi connectivity index (χ4n) is 1.68. The molecule has 1 aromatic rings. The van der Waals surface area contributed by atoms with E-state index in [0.29, 0.717) is 6.04 Å². The minimum atomic E-state index is 0.630. The van der Waals surface area contributed by atoms with Crippen molar-refractivity contribution in [1.29, 1.82) is 0 Å². The van der Waals surface area contributed by atoms with E-state index in [1.54, 1.807) is 0 Å². The van der Waals surface area contributed by atoms with Crippen molar-refractivity contribution < 1.29 is 0 Å². The number of hydrogen-bond acceptors (Lipinski definition) is 2. The summed E-state index contributed by atoms with van der Waals surface area (Å²) < 4.78 is 2.08. The van der Waals surface area contributed by atoms with Gasteiger partial charge in [-0.2, -0.15) is 0 Å². The van der Waals surface area contributed by atoms with Crippen LogP contribution in [0, 0.1) is 0 Å². The van der Waals surface area contributed by atoms with Crippen LogP contribution < -0.4 is 5.32 Å². The lowest BCUT2D eigenvalue weighted by Crippen LogP contribution is -2.28. The van der Waals surface area contributed by atoms with E-state index in [9.17, 15) is 0 Å². The maximum absolute atomic E-state index is 4.30. The van der Waals surface area contributed by atoms with Gasteiger partial charge in [0.2, 0.25) is 0 Å². The molecule has 0 radical (unpaired) electrons. The van der Waals surface area contributed by atoms with Gasteiger partial charge in [-0.15, -0.1) is 0 Å². The van der Waals surface area contributed by atoms with Crippen molar-refractivity contribution in [2.24, 2.45) is 7.05 Å². The predicted molar refractivity (Wildman–Crippen MR) is 63.9 cm³/mol. The molecule has 1 rings (SSSR count). The maximum Gasteiger partial charge on any atom is 0.109 e. The number of aryl methyl sites for hydroxylation is 1. The summed E-state index contributed by atoms with van der Waals surface area (Å²) in [5.74, 6) is 1.16. The smallest absolute Gasteiger partial charge is 0.109 e. The molecule has 3 heteroatoms. The first-order valence-corrected chi connectivity index (χ1v) is 5.93. The Morgan fingerprint density at radius 2 is 2.33 bits per heavy atom.